The maximum Gasteiger partial charge on any atom is 0.437 e. The fraction of sp³-hybridized carbons (Fsp3) is 0.312. The molecule has 0 heterocycles. The van der Waals surface area contributed by atoms with Crippen molar-refractivity contribution in [2.24, 2.45) is 0 Å². The number of ether oxygens (including phenoxy) is 2. The van der Waals surface area contributed by atoms with E-state index in [0.717, 1.165) is 12.1 Å². The van der Waals surface area contributed by atoms with Gasteiger partial charge in [-0.1, -0.05) is 18.2 Å². The molecule has 0 N–H and O–H groups in total. The van der Waals surface area contributed by atoms with Gasteiger partial charge >= 0.3 is 17.8 Å². The Bertz CT molecular complexity index is 727. The summed E-state index contributed by atoms with van der Waals surface area (Å²) in [6, 6.07) is 7.82. The number of rotatable bonds is 4. The van der Waals surface area contributed by atoms with Crippen LogP contribution in [0.2, 0.25) is 0 Å². The molecule has 0 aliphatic rings. The number of esters is 1. The number of carbonyl (C=O) groups is 1. The van der Waals surface area contributed by atoms with Crippen LogP contribution in [0, 0.1) is 0 Å². The lowest BCUT2D eigenvalue weighted by atomic mass is 9.92. The van der Waals surface area contributed by atoms with E-state index in [2.05, 4.69) is 4.74 Å². The zero-order valence-corrected chi connectivity index (χ0v) is 12.4. The van der Waals surface area contributed by atoms with E-state index in [4.69, 9.17) is 4.74 Å². The van der Waals surface area contributed by atoms with Crippen molar-refractivity contribution >= 4 is 16.7 Å². The van der Waals surface area contributed by atoms with Crippen LogP contribution in [0.1, 0.15) is 12.5 Å². The third-order valence-corrected chi connectivity index (χ3v) is 3.39. The number of benzene rings is 2. The van der Waals surface area contributed by atoms with E-state index in [1.807, 2.05) is 0 Å². The first-order chi connectivity index (χ1) is 10.7. The van der Waals surface area contributed by atoms with Gasteiger partial charge in [-0.3, -0.25) is 0 Å². The second-order valence-electron chi connectivity index (χ2n) is 4.80. The van der Waals surface area contributed by atoms with Gasteiger partial charge in [-0.15, -0.1) is 0 Å². The number of hydrogen-bond donors (Lipinski definition) is 0. The van der Waals surface area contributed by atoms with Crippen LogP contribution in [0.5, 0.6) is 5.75 Å². The summed E-state index contributed by atoms with van der Waals surface area (Å²) in [5.74, 6) is -1.46. The molecule has 0 saturated carbocycles. The molecule has 0 bridgehead atoms. The standard InChI is InChI=1S/C16H14F4O3/c1-3-23-14(21)15(17,16(18,19)20)12-6-4-11-9-13(22-2)7-5-10(11)8-12/h4-9H,3H2,1-2H3/t15-/m0/s1. The third kappa shape index (κ3) is 2.95. The molecule has 1 atom stereocenters. The minimum Gasteiger partial charge on any atom is -0.497 e. The van der Waals surface area contributed by atoms with Crippen molar-refractivity contribution in [3.63, 3.8) is 0 Å². The molecule has 0 aliphatic carbocycles. The van der Waals surface area contributed by atoms with Gasteiger partial charge in [-0.2, -0.15) is 13.2 Å². The Morgan fingerprint density at radius 3 is 2.22 bits per heavy atom. The van der Waals surface area contributed by atoms with Crippen LogP contribution in [-0.4, -0.2) is 25.9 Å². The minimum absolute atomic E-state index is 0.346. The van der Waals surface area contributed by atoms with Crippen molar-refractivity contribution in [1.82, 2.24) is 0 Å². The molecule has 7 heteroatoms. The Hall–Kier alpha value is -2.31. The largest absolute Gasteiger partial charge is 0.497 e. The van der Waals surface area contributed by atoms with E-state index in [9.17, 15) is 22.4 Å². The summed E-state index contributed by atoms with van der Waals surface area (Å²) in [5.41, 5.74) is -5.03. The number of halogens is 4. The van der Waals surface area contributed by atoms with Crippen LogP contribution < -0.4 is 4.74 Å². The van der Waals surface area contributed by atoms with Crippen LogP contribution in [0.15, 0.2) is 36.4 Å². The molecule has 0 unspecified atom stereocenters. The average molecular weight is 330 g/mol. The first-order valence-corrected chi connectivity index (χ1v) is 6.75. The van der Waals surface area contributed by atoms with Gasteiger partial charge in [0, 0.05) is 5.56 Å². The molecule has 0 aromatic heterocycles. The van der Waals surface area contributed by atoms with Crippen LogP contribution in [0.3, 0.4) is 0 Å². The summed E-state index contributed by atoms with van der Waals surface area (Å²) < 4.78 is 63.5. The van der Waals surface area contributed by atoms with Gasteiger partial charge in [0.2, 0.25) is 0 Å². The number of fused-ring (bicyclic) bond motifs is 1. The van der Waals surface area contributed by atoms with Crippen LogP contribution in [0.4, 0.5) is 17.6 Å². The highest BCUT2D eigenvalue weighted by Crippen LogP contribution is 2.44. The molecule has 0 spiro atoms. The predicted molar refractivity (Wildman–Crippen MR) is 76.0 cm³/mol. The van der Waals surface area contributed by atoms with E-state index < -0.39 is 23.4 Å². The minimum atomic E-state index is -5.43. The van der Waals surface area contributed by atoms with E-state index in [-0.39, 0.29) is 6.61 Å². The number of carbonyl (C=O) groups excluding carboxylic acids is 1. The molecule has 0 amide bonds. The molecule has 23 heavy (non-hydrogen) atoms. The molecule has 2 rings (SSSR count). The van der Waals surface area contributed by atoms with Crippen molar-refractivity contribution in [3.8, 4) is 5.75 Å². The van der Waals surface area contributed by atoms with Crippen molar-refractivity contribution in [1.29, 1.82) is 0 Å². The maximum absolute atomic E-state index is 14.7. The molecule has 0 fully saturated rings. The summed E-state index contributed by atoms with van der Waals surface area (Å²) in [7, 11) is 1.45. The number of hydrogen-bond acceptors (Lipinski definition) is 3. The van der Waals surface area contributed by atoms with Crippen LogP contribution >= 0.6 is 0 Å². The zero-order chi connectivity index (χ0) is 17.3. The SMILES string of the molecule is CCOC(=O)[C@@](F)(c1ccc2cc(OC)ccc2c1)C(F)(F)F. The van der Waals surface area contributed by atoms with Crippen molar-refractivity contribution in [2.45, 2.75) is 18.8 Å². The summed E-state index contributed by atoms with van der Waals surface area (Å²) in [6.07, 6.45) is -5.43. The first-order valence-electron chi connectivity index (χ1n) is 6.75. The molecule has 0 radical (unpaired) electrons. The quantitative estimate of drug-likeness (QED) is 0.624. The topological polar surface area (TPSA) is 35.5 Å². The second-order valence-corrected chi connectivity index (χ2v) is 4.80. The summed E-state index contributed by atoms with van der Waals surface area (Å²) in [5, 5.41) is 0.903. The Kier molecular flexibility index (Phi) is 4.49. The van der Waals surface area contributed by atoms with Crippen molar-refractivity contribution in [3.05, 3.63) is 42.0 Å². The lowest BCUT2D eigenvalue weighted by Crippen LogP contribution is -2.46. The van der Waals surface area contributed by atoms with Gasteiger partial charge in [-0.05, 0) is 35.9 Å². The smallest absolute Gasteiger partial charge is 0.437 e. The molecule has 2 aromatic rings. The predicted octanol–water partition coefficient (Wildman–Crippen LogP) is 4.14. The van der Waals surface area contributed by atoms with E-state index in [0.29, 0.717) is 16.5 Å². The summed E-state index contributed by atoms with van der Waals surface area (Å²) >= 11 is 0. The van der Waals surface area contributed by atoms with E-state index >= 15 is 0 Å². The Morgan fingerprint density at radius 1 is 1.04 bits per heavy atom. The van der Waals surface area contributed by atoms with Crippen molar-refractivity contribution < 1.29 is 31.8 Å². The third-order valence-electron chi connectivity index (χ3n) is 3.39. The van der Waals surface area contributed by atoms with E-state index in [1.54, 1.807) is 6.07 Å². The van der Waals surface area contributed by atoms with Gasteiger partial charge in [0.05, 0.1) is 13.7 Å². The van der Waals surface area contributed by atoms with Gasteiger partial charge in [0.1, 0.15) is 5.75 Å². The fourth-order valence-electron chi connectivity index (χ4n) is 2.19. The average Bonchev–Trinajstić information content (AvgIpc) is 2.52. The molecular weight excluding hydrogens is 316 g/mol. The lowest BCUT2D eigenvalue weighted by molar-refractivity contribution is -0.243. The highest BCUT2D eigenvalue weighted by molar-refractivity contribution is 5.88. The van der Waals surface area contributed by atoms with Crippen LogP contribution in [-0.2, 0) is 15.2 Å². The normalized spacial score (nSPS) is 14.3. The Labute approximate surface area is 129 Å². The summed E-state index contributed by atoms with van der Waals surface area (Å²) in [4.78, 5) is 11.6. The zero-order valence-electron chi connectivity index (χ0n) is 12.4. The number of alkyl halides is 4. The highest BCUT2D eigenvalue weighted by Gasteiger charge is 2.64. The monoisotopic (exact) mass is 330 g/mol. The lowest BCUT2D eigenvalue weighted by Gasteiger charge is -2.26. The van der Waals surface area contributed by atoms with Gasteiger partial charge in [0.15, 0.2) is 0 Å². The fourth-order valence-corrected chi connectivity index (χ4v) is 2.19. The second kappa shape index (κ2) is 6.06. The Morgan fingerprint density at radius 2 is 1.65 bits per heavy atom. The molecule has 2 aromatic carbocycles. The van der Waals surface area contributed by atoms with Gasteiger partial charge in [-0.25, -0.2) is 9.18 Å². The Balaban J connectivity index is 2.59. The van der Waals surface area contributed by atoms with E-state index in [1.165, 1.54) is 32.2 Å². The van der Waals surface area contributed by atoms with Crippen LogP contribution in [0.25, 0.3) is 10.8 Å². The molecular formula is C16H14F4O3. The highest BCUT2D eigenvalue weighted by atomic mass is 19.4. The first kappa shape index (κ1) is 17.1. The molecule has 0 saturated heterocycles. The molecule has 3 nitrogen and oxygen atoms in total. The molecule has 124 valence electrons. The van der Waals surface area contributed by atoms with Crippen molar-refractivity contribution in [2.75, 3.05) is 13.7 Å². The molecule has 0 aliphatic heterocycles. The number of methoxy groups -OCH3 is 1. The summed E-state index contributed by atoms with van der Waals surface area (Å²) in [6.45, 7) is 0.951. The maximum atomic E-state index is 14.7. The van der Waals surface area contributed by atoms with Gasteiger partial charge < -0.3 is 9.47 Å². The van der Waals surface area contributed by atoms with Gasteiger partial charge in [0.25, 0.3) is 0 Å².